The number of nitrogens with zero attached hydrogens (tertiary/aromatic N) is 3. The number of amides is 3. The summed E-state index contributed by atoms with van der Waals surface area (Å²) in [5.74, 6) is 0.312. The number of aliphatic hydroxyl groups is 1. The fourth-order valence-electron chi connectivity index (χ4n) is 9.74. The predicted octanol–water partition coefficient (Wildman–Crippen LogP) is 6.08. The normalized spacial score (nSPS) is 25.9. The van der Waals surface area contributed by atoms with E-state index in [0.717, 1.165) is 59.5 Å². The van der Waals surface area contributed by atoms with E-state index in [2.05, 4.69) is 44.8 Å². The largest absolute Gasteiger partial charge is 0.497 e. The van der Waals surface area contributed by atoms with E-state index in [0.29, 0.717) is 32.5 Å². The lowest BCUT2D eigenvalue weighted by Crippen LogP contribution is -2.52. The van der Waals surface area contributed by atoms with E-state index in [1.807, 2.05) is 53.4 Å². The first kappa shape index (κ1) is 37.1. The molecular weight excluding hydrogens is 683 g/mol. The van der Waals surface area contributed by atoms with Crippen molar-refractivity contribution in [1.82, 2.24) is 4.90 Å². The molecule has 0 radical (unpaired) electrons. The average molecular weight is 736 g/mol. The van der Waals surface area contributed by atoms with Crippen LogP contribution in [0.25, 0.3) is 0 Å². The topological polar surface area (TPSA) is 99.6 Å². The number of anilines is 2. The van der Waals surface area contributed by atoms with Gasteiger partial charge in [0.2, 0.25) is 11.8 Å². The zero-order chi connectivity index (χ0) is 37.5. The Labute approximate surface area is 314 Å². The Balaban J connectivity index is 1.32. The molecule has 4 aliphatic heterocycles. The summed E-state index contributed by atoms with van der Waals surface area (Å²) in [5.41, 5.74) is 3.01. The van der Waals surface area contributed by atoms with Gasteiger partial charge in [-0.1, -0.05) is 80.5 Å². The van der Waals surface area contributed by atoms with Gasteiger partial charge in [-0.2, -0.15) is 0 Å². The van der Waals surface area contributed by atoms with Gasteiger partial charge in [-0.15, -0.1) is 6.58 Å². The third-order valence-electron chi connectivity index (χ3n) is 12.5. The lowest BCUT2D eigenvalue weighted by molar-refractivity contribution is -0.150. The maximum atomic E-state index is 15.0. The zero-order valence-corrected chi connectivity index (χ0v) is 32.6. The van der Waals surface area contributed by atoms with Gasteiger partial charge in [0.1, 0.15) is 5.75 Å². The molecule has 2 saturated heterocycles. The molecule has 0 aromatic heterocycles. The second-order valence-corrected chi connectivity index (χ2v) is 20.5. The molecule has 0 saturated carbocycles. The van der Waals surface area contributed by atoms with Crippen molar-refractivity contribution >= 4 is 42.4 Å². The molecule has 3 aromatic carbocycles. The van der Waals surface area contributed by atoms with Crippen LogP contribution in [0.3, 0.4) is 0 Å². The van der Waals surface area contributed by atoms with E-state index in [1.165, 1.54) is 5.19 Å². The summed E-state index contributed by atoms with van der Waals surface area (Å²) in [4.78, 5) is 48.5. The van der Waals surface area contributed by atoms with Gasteiger partial charge in [-0.3, -0.25) is 14.4 Å². The van der Waals surface area contributed by atoms with Crippen LogP contribution >= 0.6 is 0 Å². The summed E-state index contributed by atoms with van der Waals surface area (Å²) < 4.78 is 12.8. The molecule has 3 amide bonds. The van der Waals surface area contributed by atoms with Gasteiger partial charge in [0.05, 0.1) is 46.0 Å². The van der Waals surface area contributed by atoms with Gasteiger partial charge < -0.3 is 29.3 Å². The highest BCUT2D eigenvalue weighted by molar-refractivity contribution is 6.91. The average Bonchev–Trinajstić information content (AvgIpc) is 3.58. The molecule has 9 nitrogen and oxygen atoms in total. The number of benzene rings is 3. The van der Waals surface area contributed by atoms with Crippen molar-refractivity contribution < 1.29 is 29.0 Å². The highest BCUT2D eigenvalue weighted by Crippen LogP contribution is 2.60. The molecule has 1 spiro atoms. The van der Waals surface area contributed by atoms with E-state index < -0.39 is 19.8 Å². The highest BCUT2D eigenvalue weighted by atomic mass is 28.3. The molecule has 2 fully saturated rings. The third kappa shape index (κ3) is 6.42. The molecule has 0 bridgehead atoms. The van der Waals surface area contributed by atoms with Gasteiger partial charge >= 0.3 is 0 Å². The number of carbonyl (C=O) groups excluding carboxylic acids is 3. The van der Waals surface area contributed by atoms with E-state index in [4.69, 9.17) is 9.47 Å². The number of carbonyl (C=O) groups is 3. The lowest BCUT2D eigenvalue weighted by atomic mass is 9.82. The van der Waals surface area contributed by atoms with Crippen LogP contribution in [0.1, 0.15) is 62.1 Å². The molecule has 7 rings (SSSR count). The van der Waals surface area contributed by atoms with Crippen LogP contribution in [0.2, 0.25) is 18.6 Å². The third-order valence-corrected chi connectivity index (χ3v) is 16.9. The molecule has 1 N–H and O–H groups in total. The van der Waals surface area contributed by atoms with E-state index in [1.54, 1.807) is 23.0 Å². The van der Waals surface area contributed by atoms with Crippen molar-refractivity contribution in [3.8, 4) is 5.75 Å². The highest BCUT2D eigenvalue weighted by Gasteiger charge is 2.66. The number of fused-ring (bicyclic) bond motifs is 3. The SMILES string of the molecule is C=CCN1C(=O)[C@@]2(O[C@@H](CC(=O)N3Cc4ccccc4C[C@H]3CO)[C@H]([Si](C)(C)c3ccc(OC)cc3)[C@H]2C)c2cc(N3CCCCCCC3=O)ccc21. The molecule has 0 aliphatic carbocycles. The first-order chi connectivity index (χ1) is 25.5. The zero-order valence-electron chi connectivity index (χ0n) is 31.6. The van der Waals surface area contributed by atoms with Crippen LogP contribution in [-0.2, 0) is 37.7 Å². The number of hydrogen-bond acceptors (Lipinski definition) is 6. The van der Waals surface area contributed by atoms with Crippen molar-refractivity contribution in [3.05, 3.63) is 96.1 Å². The van der Waals surface area contributed by atoms with Crippen molar-refractivity contribution in [3.63, 3.8) is 0 Å². The Kier molecular flexibility index (Phi) is 10.4. The first-order valence-corrected chi connectivity index (χ1v) is 22.3. The van der Waals surface area contributed by atoms with Gasteiger partial charge in [0.25, 0.3) is 5.91 Å². The van der Waals surface area contributed by atoms with Crippen LogP contribution in [0, 0.1) is 5.92 Å². The summed E-state index contributed by atoms with van der Waals surface area (Å²) >= 11 is 0. The summed E-state index contributed by atoms with van der Waals surface area (Å²) in [6.45, 7) is 11.9. The van der Waals surface area contributed by atoms with E-state index >= 15 is 4.79 Å². The van der Waals surface area contributed by atoms with Crippen LogP contribution < -0.4 is 19.7 Å². The molecule has 280 valence electrons. The number of methoxy groups -OCH3 is 1. The van der Waals surface area contributed by atoms with Gasteiger partial charge in [0, 0.05) is 43.2 Å². The maximum absolute atomic E-state index is 15.0. The van der Waals surface area contributed by atoms with Crippen LogP contribution in [0.4, 0.5) is 11.4 Å². The van der Waals surface area contributed by atoms with Gasteiger partial charge in [-0.25, -0.2) is 0 Å². The number of rotatable bonds is 9. The fraction of sp³-hybridized carbons (Fsp3) is 0.465. The molecule has 4 aliphatic rings. The monoisotopic (exact) mass is 735 g/mol. The molecule has 53 heavy (non-hydrogen) atoms. The van der Waals surface area contributed by atoms with E-state index in [9.17, 15) is 14.7 Å². The minimum atomic E-state index is -2.52. The second-order valence-electron chi connectivity index (χ2n) is 15.8. The molecule has 0 unspecified atom stereocenters. The maximum Gasteiger partial charge on any atom is 0.264 e. The number of hydrogen-bond donors (Lipinski definition) is 1. The first-order valence-electron chi connectivity index (χ1n) is 19.2. The van der Waals surface area contributed by atoms with Crippen LogP contribution in [0.5, 0.6) is 5.75 Å². The Bertz CT molecular complexity index is 1880. The van der Waals surface area contributed by atoms with E-state index in [-0.39, 0.29) is 48.3 Å². The van der Waals surface area contributed by atoms with Gasteiger partial charge in [0.15, 0.2) is 5.60 Å². The smallest absolute Gasteiger partial charge is 0.264 e. The molecule has 3 aromatic rings. The van der Waals surface area contributed by atoms with Crippen LogP contribution in [0.15, 0.2) is 79.4 Å². The summed E-state index contributed by atoms with van der Waals surface area (Å²) in [6.07, 6.45) is 6.24. The van der Waals surface area contributed by atoms with Crippen LogP contribution in [-0.4, -0.2) is 74.8 Å². The summed E-state index contributed by atoms with van der Waals surface area (Å²) in [5, 5.41) is 11.7. The van der Waals surface area contributed by atoms with Gasteiger partial charge in [-0.05, 0) is 66.3 Å². The number of aliphatic hydroxyl groups excluding tert-OH is 1. The molecular formula is C43H53N3O6Si. The Morgan fingerprint density at radius 3 is 2.49 bits per heavy atom. The Morgan fingerprint density at radius 2 is 1.77 bits per heavy atom. The molecule has 4 heterocycles. The quantitative estimate of drug-likeness (QED) is 0.212. The minimum Gasteiger partial charge on any atom is -0.497 e. The standard InChI is InChI=1S/C43H53N3O6Si/c1-6-22-45-37-21-16-32(44-23-12-8-7-9-15-39(44)48)25-36(37)43(42(45)50)29(2)41(53(4,5)35-19-17-34(51-3)18-20-35)38(52-43)26-40(49)46-27-31-14-11-10-13-30(31)24-33(46)28-47/h6,10-11,13-14,16-21,25,29,33,38,41,47H,1,7-9,12,15,22-24,26-28H2,2-5H3/t29-,33+,38+,41-,43+/m1/s1. The lowest BCUT2D eigenvalue weighted by Gasteiger charge is -2.39. The molecule has 5 atom stereocenters. The predicted molar refractivity (Wildman–Crippen MR) is 210 cm³/mol. The van der Waals surface area contributed by atoms with Crippen molar-refractivity contribution in [2.45, 2.75) is 94.8 Å². The second kappa shape index (κ2) is 14.9. The summed E-state index contributed by atoms with van der Waals surface area (Å²) in [7, 11) is -0.863. The Morgan fingerprint density at radius 1 is 1.04 bits per heavy atom. The number of ether oxygens (including phenoxy) is 2. The Hall–Kier alpha value is -4.25. The fourth-order valence-corrected chi connectivity index (χ4v) is 13.8. The summed E-state index contributed by atoms with van der Waals surface area (Å²) in [6, 6.07) is 21.9. The van der Waals surface area contributed by atoms with Crippen molar-refractivity contribution in [1.29, 1.82) is 0 Å². The minimum absolute atomic E-state index is 0.0797. The van der Waals surface area contributed by atoms with Crippen molar-refractivity contribution in [2.24, 2.45) is 5.92 Å². The molecule has 10 heteroatoms. The van der Waals surface area contributed by atoms with Crippen molar-refractivity contribution in [2.75, 3.05) is 36.6 Å².